The third kappa shape index (κ3) is 7.36. The molecule has 0 bridgehead atoms. The molecule has 0 atom stereocenters. The second kappa shape index (κ2) is 8.27. The van der Waals surface area contributed by atoms with Gasteiger partial charge in [-0.1, -0.05) is 0 Å². The van der Waals surface area contributed by atoms with Crippen molar-refractivity contribution in [2.75, 3.05) is 20.4 Å². The van der Waals surface area contributed by atoms with Gasteiger partial charge in [0, 0.05) is 18.7 Å². The minimum absolute atomic E-state index is 0.268. The molecule has 90 valence electrons. The van der Waals surface area contributed by atoms with Crippen LogP contribution in [0, 0.1) is 0 Å². The number of methoxy groups -OCH3 is 1. The van der Waals surface area contributed by atoms with Gasteiger partial charge in [0.2, 0.25) is 0 Å². The molecule has 0 spiro atoms. The normalized spacial score (nSPS) is 9.62. The van der Waals surface area contributed by atoms with Crippen molar-refractivity contribution in [3.05, 3.63) is 12.2 Å². The summed E-state index contributed by atoms with van der Waals surface area (Å²) in [4.78, 5) is 32.3. The van der Waals surface area contributed by atoms with E-state index >= 15 is 0 Å². The van der Waals surface area contributed by atoms with E-state index in [9.17, 15) is 14.4 Å². The molecule has 0 aliphatic rings. The van der Waals surface area contributed by atoms with E-state index in [2.05, 4.69) is 20.1 Å². The minimum Gasteiger partial charge on any atom is -0.466 e. The maximum atomic E-state index is 10.9. The van der Waals surface area contributed by atoms with Crippen molar-refractivity contribution in [2.45, 2.75) is 6.92 Å². The van der Waals surface area contributed by atoms with Crippen LogP contribution in [0.4, 0.5) is 4.79 Å². The van der Waals surface area contributed by atoms with Crippen molar-refractivity contribution in [3.8, 4) is 0 Å². The molecule has 0 fully saturated rings. The van der Waals surface area contributed by atoms with Crippen molar-refractivity contribution in [1.29, 1.82) is 0 Å². The summed E-state index contributed by atoms with van der Waals surface area (Å²) in [6, 6.07) is -0.438. The summed E-state index contributed by atoms with van der Waals surface area (Å²) in [6.45, 7) is 1.96. The first-order valence-corrected chi connectivity index (χ1v) is 4.54. The smallest absolute Gasteiger partial charge is 0.332 e. The maximum Gasteiger partial charge on any atom is 0.332 e. The summed E-state index contributed by atoms with van der Waals surface area (Å²) in [5.41, 5.74) is 0. The molecule has 0 saturated heterocycles. The van der Waals surface area contributed by atoms with Crippen molar-refractivity contribution in [3.63, 3.8) is 0 Å². The second-order valence-corrected chi connectivity index (χ2v) is 2.50. The van der Waals surface area contributed by atoms with E-state index in [1.807, 2.05) is 0 Å². The van der Waals surface area contributed by atoms with E-state index in [0.29, 0.717) is 6.54 Å². The first-order chi connectivity index (χ1) is 7.60. The summed E-state index contributed by atoms with van der Waals surface area (Å²) >= 11 is 0. The Morgan fingerprint density at radius 3 is 2.31 bits per heavy atom. The summed E-state index contributed by atoms with van der Waals surface area (Å²) in [6.07, 6.45) is 1.83. The lowest BCUT2D eigenvalue weighted by molar-refractivity contribution is -0.139. The Labute approximate surface area is 92.8 Å². The molecule has 2 N–H and O–H groups in total. The Morgan fingerprint density at radius 1 is 1.12 bits per heavy atom. The van der Waals surface area contributed by atoms with Gasteiger partial charge in [-0.2, -0.15) is 0 Å². The molecule has 0 aromatic rings. The number of carbonyl (C=O) groups excluding carboxylic acids is 3. The van der Waals surface area contributed by atoms with E-state index in [1.54, 1.807) is 6.92 Å². The lowest BCUT2D eigenvalue weighted by Gasteiger charge is -2.05. The van der Waals surface area contributed by atoms with E-state index in [1.165, 1.54) is 7.11 Å². The van der Waals surface area contributed by atoms with E-state index in [-0.39, 0.29) is 6.73 Å². The van der Waals surface area contributed by atoms with Crippen LogP contribution in [0.1, 0.15) is 6.92 Å². The van der Waals surface area contributed by atoms with Gasteiger partial charge in [0.15, 0.2) is 6.73 Å². The van der Waals surface area contributed by atoms with Crippen LogP contribution in [-0.2, 0) is 19.1 Å². The minimum atomic E-state index is -0.748. The number of nitrogens with one attached hydrogen (secondary N) is 2. The van der Waals surface area contributed by atoms with Crippen molar-refractivity contribution in [2.24, 2.45) is 0 Å². The molecule has 7 nitrogen and oxygen atoms in total. The van der Waals surface area contributed by atoms with Gasteiger partial charge < -0.3 is 20.1 Å². The zero-order valence-electron chi connectivity index (χ0n) is 9.11. The Morgan fingerprint density at radius 2 is 1.75 bits per heavy atom. The molecule has 0 saturated carbocycles. The highest BCUT2D eigenvalue weighted by Crippen LogP contribution is 1.82. The number of urea groups is 1. The van der Waals surface area contributed by atoms with E-state index in [0.717, 1.165) is 12.2 Å². The van der Waals surface area contributed by atoms with Crippen LogP contribution in [0.15, 0.2) is 12.2 Å². The summed E-state index contributed by atoms with van der Waals surface area (Å²) < 4.78 is 8.81. The van der Waals surface area contributed by atoms with Gasteiger partial charge >= 0.3 is 18.0 Å². The predicted molar refractivity (Wildman–Crippen MR) is 54.3 cm³/mol. The largest absolute Gasteiger partial charge is 0.466 e. The number of ether oxygens (including phenoxy) is 2. The van der Waals surface area contributed by atoms with Gasteiger partial charge in [0.1, 0.15) is 0 Å². The van der Waals surface area contributed by atoms with Gasteiger partial charge in [-0.15, -0.1) is 0 Å². The Kier molecular flexibility index (Phi) is 7.21. The highest BCUT2D eigenvalue weighted by Gasteiger charge is 2.01. The number of esters is 2. The van der Waals surface area contributed by atoms with Gasteiger partial charge in [0.05, 0.1) is 7.11 Å². The number of carbonyl (C=O) groups is 3. The van der Waals surface area contributed by atoms with Crippen LogP contribution in [0.3, 0.4) is 0 Å². The van der Waals surface area contributed by atoms with Gasteiger partial charge in [0.25, 0.3) is 0 Å². The molecule has 0 radical (unpaired) electrons. The summed E-state index contributed by atoms with van der Waals surface area (Å²) in [7, 11) is 1.19. The molecular formula is C9H14N2O5. The van der Waals surface area contributed by atoms with Gasteiger partial charge in [-0.05, 0) is 6.92 Å². The average molecular weight is 230 g/mol. The lowest BCUT2D eigenvalue weighted by atomic mass is 10.5. The van der Waals surface area contributed by atoms with Crippen LogP contribution < -0.4 is 10.6 Å². The van der Waals surface area contributed by atoms with Gasteiger partial charge in [-0.25, -0.2) is 14.4 Å². The van der Waals surface area contributed by atoms with Crippen molar-refractivity contribution < 1.29 is 23.9 Å². The van der Waals surface area contributed by atoms with Gasteiger partial charge in [-0.3, -0.25) is 0 Å². The standard InChI is InChI=1S/C9H14N2O5/c1-3-10-9(14)11-6-16-8(13)5-4-7(12)15-2/h4-5H,3,6H2,1-2H3,(H2,10,11,14)/b5-4+. The topological polar surface area (TPSA) is 93.7 Å². The zero-order valence-corrected chi connectivity index (χ0v) is 9.11. The molecule has 0 aromatic carbocycles. The number of rotatable bonds is 5. The number of amides is 2. The highest BCUT2D eigenvalue weighted by molar-refractivity contribution is 5.91. The van der Waals surface area contributed by atoms with Crippen LogP contribution in [0.2, 0.25) is 0 Å². The predicted octanol–water partition coefficient (Wildman–Crippen LogP) is -0.465. The molecule has 0 aliphatic carbocycles. The van der Waals surface area contributed by atoms with Crippen LogP contribution in [0.25, 0.3) is 0 Å². The maximum absolute atomic E-state index is 10.9. The van der Waals surface area contributed by atoms with Crippen LogP contribution in [0.5, 0.6) is 0 Å². The molecule has 7 heteroatoms. The Hall–Kier alpha value is -2.05. The molecule has 0 rings (SSSR count). The van der Waals surface area contributed by atoms with Crippen LogP contribution >= 0.6 is 0 Å². The fourth-order valence-corrected chi connectivity index (χ4v) is 0.648. The highest BCUT2D eigenvalue weighted by atomic mass is 16.5. The molecule has 0 aromatic heterocycles. The van der Waals surface area contributed by atoms with Crippen molar-refractivity contribution in [1.82, 2.24) is 10.6 Å². The Bertz CT molecular complexity index is 288. The first-order valence-electron chi connectivity index (χ1n) is 4.54. The summed E-state index contributed by atoms with van der Waals surface area (Å²) in [5.74, 6) is -1.41. The van der Waals surface area contributed by atoms with Crippen molar-refractivity contribution >= 4 is 18.0 Å². The molecule has 0 unspecified atom stereocenters. The SMILES string of the molecule is CCNC(=O)NCOC(=O)/C=C/C(=O)OC. The number of hydrogen-bond donors (Lipinski definition) is 2. The zero-order chi connectivity index (χ0) is 12.4. The summed E-state index contributed by atoms with van der Waals surface area (Å²) in [5, 5.41) is 4.72. The molecule has 16 heavy (non-hydrogen) atoms. The monoisotopic (exact) mass is 230 g/mol. The fraction of sp³-hybridized carbons (Fsp3) is 0.444. The third-order valence-corrected chi connectivity index (χ3v) is 1.34. The Balaban J connectivity index is 3.70. The van der Waals surface area contributed by atoms with E-state index < -0.39 is 18.0 Å². The molecule has 0 heterocycles. The van der Waals surface area contributed by atoms with E-state index in [4.69, 9.17) is 0 Å². The fourth-order valence-electron chi connectivity index (χ4n) is 0.648. The quantitative estimate of drug-likeness (QED) is 0.378. The second-order valence-electron chi connectivity index (χ2n) is 2.50. The molecular weight excluding hydrogens is 216 g/mol. The van der Waals surface area contributed by atoms with Crippen LogP contribution in [-0.4, -0.2) is 38.4 Å². The molecule has 0 aliphatic heterocycles. The first kappa shape index (κ1) is 13.9. The third-order valence-electron chi connectivity index (χ3n) is 1.34. The lowest BCUT2D eigenvalue weighted by Crippen LogP contribution is -2.37. The average Bonchev–Trinajstić information content (AvgIpc) is 2.26. The number of hydrogen-bond acceptors (Lipinski definition) is 5. The molecule has 2 amide bonds.